The Morgan fingerprint density at radius 2 is 1.69 bits per heavy atom. The number of hydrogen-bond acceptors (Lipinski definition) is 5. The first kappa shape index (κ1) is 32.9. The van der Waals surface area contributed by atoms with E-state index in [4.69, 9.17) is 16.3 Å². The van der Waals surface area contributed by atoms with Crippen molar-refractivity contribution in [1.82, 2.24) is 4.90 Å². The number of aliphatic hydroxyl groups excluding tert-OH is 1. The maximum absolute atomic E-state index is 15.0. The summed E-state index contributed by atoms with van der Waals surface area (Å²) >= 11 is 6.61. The Bertz CT molecular complexity index is 1450. The second-order valence-electron chi connectivity index (χ2n) is 12.8. The van der Waals surface area contributed by atoms with Crippen molar-refractivity contribution in [3.63, 3.8) is 0 Å². The quantitative estimate of drug-likeness (QED) is 0.288. The fourth-order valence-corrected chi connectivity index (χ4v) is 8.24. The largest absolute Gasteiger partial charge is 0.394 e. The number of likely N-dealkylation sites (tertiary alicyclic amines) is 1. The third-order valence-corrected chi connectivity index (χ3v) is 10.2. The van der Waals surface area contributed by atoms with Crippen LogP contribution in [0.15, 0.2) is 79.9 Å². The molecule has 0 aromatic heterocycles. The van der Waals surface area contributed by atoms with Gasteiger partial charge in [0, 0.05) is 18.8 Å². The summed E-state index contributed by atoms with van der Waals surface area (Å²) in [7, 11) is 0. The number of aliphatic hydroxyl groups is 1. The van der Waals surface area contributed by atoms with Crippen LogP contribution in [0, 0.1) is 17.8 Å². The van der Waals surface area contributed by atoms with E-state index >= 15 is 0 Å². The molecule has 3 amide bonds. The molecule has 0 radical (unpaired) electrons. The van der Waals surface area contributed by atoms with E-state index in [0.29, 0.717) is 42.1 Å². The van der Waals surface area contributed by atoms with Crippen molar-refractivity contribution in [3.8, 4) is 0 Å². The number of amides is 3. The van der Waals surface area contributed by atoms with Crippen LogP contribution in [0.1, 0.15) is 46.5 Å². The number of rotatable bonds is 13. The number of para-hydroxylation sites is 2. The van der Waals surface area contributed by atoms with Crippen molar-refractivity contribution in [2.75, 3.05) is 29.5 Å². The molecular formula is C36H44ClN3O5. The molecule has 9 heteroatoms. The lowest BCUT2D eigenvalue weighted by Gasteiger charge is -2.40. The first-order valence-corrected chi connectivity index (χ1v) is 16.3. The standard InChI is InChI=1S/C36H44ClN3O5/c1-6-20-38(25-14-10-9-11-15-25)32(42)29-30-33(43)40(26(23-41)22-24(4)5)31(36(30)19-18-35(29,8-3)45-36)34(44)39(21-7-2)28-17-13-12-16-27(28)37/h6-7,9-17,24,26,29-31,41H,1-2,8,18-23H2,3-5H3/t26-,29+,30+,31?,35-,36?/m1/s1. The Morgan fingerprint density at radius 3 is 2.29 bits per heavy atom. The van der Waals surface area contributed by atoms with E-state index in [9.17, 15) is 19.5 Å². The molecule has 2 aromatic carbocycles. The molecule has 240 valence electrons. The van der Waals surface area contributed by atoms with Crippen LogP contribution >= 0.6 is 11.6 Å². The number of fused-ring (bicyclic) bond motifs is 1. The molecule has 5 rings (SSSR count). The van der Waals surface area contributed by atoms with Gasteiger partial charge in [-0.25, -0.2) is 0 Å². The molecule has 2 aromatic rings. The molecule has 3 fully saturated rings. The van der Waals surface area contributed by atoms with Gasteiger partial charge in [-0.1, -0.05) is 74.9 Å². The van der Waals surface area contributed by atoms with E-state index in [-0.39, 0.29) is 43.3 Å². The zero-order valence-corrected chi connectivity index (χ0v) is 27.2. The minimum Gasteiger partial charge on any atom is -0.394 e. The van der Waals surface area contributed by atoms with Crippen LogP contribution in [-0.4, -0.2) is 70.7 Å². The average Bonchev–Trinajstić information content (AvgIpc) is 3.65. The highest BCUT2D eigenvalue weighted by atomic mass is 35.5. The minimum absolute atomic E-state index is 0.134. The summed E-state index contributed by atoms with van der Waals surface area (Å²) in [4.78, 5) is 49.3. The zero-order chi connectivity index (χ0) is 32.5. The number of anilines is 2. The van der Waals surface area contributed by atoms with Gasteiger partial charge in [-0.05, 0) is 55.9 Å². The van der Waals surface area contributed by atoms with Gasteiger partial charge in [0.2, 0.25) is 11.8 Å². The number of hydrogen-bond donors (Lipinski definition) is 1. The monoisotopic (exact) mass is 633 g/mol. The highest BCUT2D eigenvalue weighted by molar-refractivity contribution is 6.34. The highest BCUT2D eigenvalue weighted by Crippen LogP contribution is 2.65. The van der Waals surface area contributed by atoms with Crippen LogP contribution in [0.4, 0.5) is 11.4 Å². The third-order valence-electron chi connectivity index (χ3n) is 9.83. The van der Waals surface area contributed by atoms with Gasteiger partial charge in [0.05, 0.1) is 40.8 Å². The molecule has 2 unspecified atom stereocenters. The Morgan fingerprint density at radius 1 is 1.04 bits per heavy atom. The SMILES string of the molecule is C=CCN(C(=O)[C@@H]1[C@H]2C(=O)N([C@@H](CO)CC(C)C)C(C(=O)N(CC=C)c3ccccc3Cl)C23CC[C@@]1(CC)O3)c1ccccc1. The van der Waals surface area contributed by atoms with Crippen LogP contribution in [0.2, 0.25) is 5.02 Å². The molecule has 45 heavy (non-hydrogen) atoms. The summed E-state index contributed by atoms with van der Waals surface area (Å²) in [5.74, 6) is -2.51. The molecule has 3 aliphatic heterocycles. The smallest absolute Gasteiger partial charge is 0.253 e. The lowest BCUT2D eigenvalue weighted by molar-refractivity contribution is -0.149. The summed E-state index contributed by atoms with van der Waals surface area (Å²) in [6.45, 7) is 13.8. The summed E-state index contributed by atoms with van der Waals surface area (Å²) in [6, 6.07) is 14.7. The van der Waals surface area contributed by atoms with E-state index < -0.39 is 35.1 Å². The maximum Gasteiger partial charge on any atom is 0.253 e. The molecule has 1 spiro atoms. The molecule has 1 N–H and O–H groups in total. The summed E-state index contributed by atoms with van der Waals surface area (Å²) < 4.78 is 7.02. The normalized spacial score (nSPS) is 27.4. The number of nitrogens with zero attached hydrogens (tertiary/aromatic N) is 3. The van der Waals surface area contributed by atoms with E-state index in [0.717, 1.165) is 0 Å². The van der Waals surface area contributed by atoms with Crippen molar-refractivity contribution in [3.05, 3.63) is 84.9 Å². The fourth-order valence-electron chi connectivity index (χ4n) is 8.01. The molecule has 0 aliphatic carbocycles. The average molecular weight is 634 g/mol. The molecular weight excluding hydrogens is 590 g/mol. The molecule has 3 saturated heterocycles. The lowest BCUT2D eigenvalue weighted by Crippen LogP contribution is -2.59. The molecule has 6 atom stereocenters. The van der Waals surface area contributed by atoms with Gasteiger partial charge in [0.1, 0.15) is 11.6 Å². The van der Waals surface area contributed by atoms with E-state index in [2.05, 4.69) is 13.2 Å². The predicted octanol–water partition coefficient (Wildman–Crippen LogP) is 5.64. The van der Waals surface area contributed by atoms with Gasteiger partial charge in [-0.3, -0.25) is 14.4 Å². The molecule has 3 aliphatic rings. The van der Waals surface area contributed by atoms with Crippen LogP contribution < -0.4 is 9.80 Å². The molecule has 2 bridgehead atoms. The minimum atomic E-state index is -1.26. The Labute approximate surface area is 271 Å². The second kappa shape index (κ2) is 13.1. The molecule has 8 nitrogen and oxygen atoms in total. The van der Waals surface area contributed by atoms with E-state index in [1.165, 1.54) is 0 Å². The van der Waals surface area contributed by atoms with Crippen molar-refractivity contribution >= 4 is 40.7 Å². The Hall–Kier alpha value is -3.46. The predicted molar refractivity (Wildman–Crippen MR) is 177 cm³/mol. The van der Waals surface area contributed by atoms with Gasteiger partial charge in [-0.15, -0.1) is 13.2 Å². The first-order valence-electron chi connectivity index (χ1n) is 15.9. The second-order valence-corrected chi connectivity index (χ2v) is 13.2. The fraction of sp³-hybridized carbons (Fsp3) is 0.472. The van der Waals surface area contributed by atoms with Gasteiger partial charge >= 0.3 is 0 Å². The summed E-state index contributed by atoms with van der Waals surface area (Å²) in [5.41, 5.74) is -0.986. The van der Waals surface area contributed by atoms with Gasteiger partial charge in [0.25, 0.3) is 5.91 Å². The van der Waals surface area contributed by atoms with Gasteiger partial charge in [-0.2, -0.15) is 0 Å². The van der Waals surface area contributed by atoms with Crippen LogP contribution in [-0.2, 0) is 19.1 Å². The topological polar surface area (TPSA) is 90.4 Å². The Kier molecular flexibility index (Phi) is 9.59. The van der Waals surface area contributed by atoms with Crippen LogP contribution in [0.25, 0.3) is 0 Å². The van der Waals surface area contributed by atoms with Crippen molar-refractivity contribution in [2.24, 2.45) is 17.8 Å². The highest BCUT2D eigenvalue weighted by Gasteiger charge is 2.79. The molecule has 0 saturated carbocycles. The van der Waals surface area contributed by atoms with E-state index in [1.54, 1.807) is 51.1 Å². The number of carbonyl (C=O) groups is 3. The van der Waals surface area contributed by atoms with E-state index in [1.807, 2.05) is 51.1 Å². The summed E-state index contributed by atoms with van der Waals surface area (Å²) in [5, 5.41) is 11.1. The third kappa shape index (κ3) is 5.41. The number of ether oxygens (including phenoxy) is 1. The van der Waals surface area contributed by atoms with Crippen molar-refractivity contribution in [1.29, 1.82) is 0 Å². The Balaban J connectivity index is 1.67. The summed E-state index contributed by atoms with van der Waals surface area (Å²) in [6.07, 6.45) is 5.23. The van der Waals surface area contributed by atoms with Crippen molar-refractivity contribution < 1.29 is 24.2 Å². The maximum atomic E-state index is 15.0. The van der Waals surface area contributed by atoms with Crippen LogP contribution in [0.3, 0.4) is 0 Å². The lowest BCUT2D eigenvalue weighted by atomic mass is 9.64. The van der Waals surface area contributed by atoms with Gasteiger partial charge < -0.3 is 24.5 Å². The van der Waals surface area contributed by atoms with Gasteiger partial charge in [0.15, 0.2) is 0 Å². The molecule has 3 heterocycles. The van der Waals surface area contributed by atoms with Crippen LogP contribution in [0.5, 0.6) is 0 Å². The number of halogens is 1. The first-order chi connectivity index (χ1) is 21.6. The number of carbonyl (C=O) groups excluding carboxylic acids is 3. The number of benzene rings is 2. The zero-order valence-electron chi connectivity index (χ0n) is 26.4. The van der Waals surface area contributed by atoms with Crippen molar-refractivity contribution in [2.45, 2.75) is 69.7 Å².